The summed E-state index contributed by atoms with van der Waals surface area (Å²) in [6.45, 7) is 4.91. The van der Waals surface area contributed by atoms with E-state index in [2.05, 4.69) is 9.97 Å². The summed E-state index contributed by atoms with van der Waals surface area (Å²) in [5.41, 5.74) is -0.863. The molecule has 0 N–H and O–H groups in total. The first-order chi connectivity index (χ1) is 5.82. The summed E-state index contributed by atoms with van der Waals surface area (Å²) in [6, 6.07) is 0. The van der Waals surface area contributed by atoms with Gasteiger partial charge in [-0.3, -0.25) is 0 Å². The topological polar surface area (TPSA) is 25.8 Å². The van der Waals surface area contributed by atoms with Crippen molar-refractivity contribution in [3.8, 4) is 0 Å². The van der Waals surface area contributed by atoms with Crippen molar-refractivity contribution in [3.05, 3.63) is 23.5 Å². The molecule has 5 heteroatoms. The first-order valence-electron chi connectivity index (χ1n) is 3.71. The lowest BCUT2D eigenvalue weighted by atomic mass is 9.92. The zero-order valence-electron chi connectivity index (χ0n) is 7.53. The SMILES string of the molecule is CC(C)(C)c1nc(F)c(F)nc1F. The molecule has 0 amide bonds. The van der Waals surface area contributed by atoms with Crippen LogP contribution < -0.4 is 0 Å². The van der Waals surface area contributed by atoms with Crippen LogP contribution >= 0.6 is 0 Å². The van der Waals surface area contributed by atoms with E-state index in [9.17, 15) is 13.2 Å². The minimum atomic E-state index is -1.51. The molecular weight excluding hydrogens is 181 g/mol. The Morgan fingerprint density at radius 3 is 1.77 bits per heavy atom. The Kier molecular flexibility index (Phi) is 2.28. The number of halogens is 3. The first kappa shape index (κ1) is 9.95. The van der Waals surface area contributed by atoms with E-state index in [4.69, 9.17) is 0 Å². The largest absolute Gasteiger partial charge is 0.271 e. The number of hydrogen-bond acceptors (Lipinski definition) is 2. The predicted octanol–water partition coefficient (Wildman–Crippen LogP) is 2.19. The fourth-order valence-corrected chi connectivity index (χ4v) is 0.853. The Labute approximate surface area is 73.8 Å². The van der Waals surface area contributed by atoms with Gasteiger partial charge in [0.05, 0.1) is 0 Å². The molecular formula is C8H9F3N2. The maximum Gasteiger partial charge on any atom is 0.271 e. The van der Waals surface area contributed by atoms with Crippen molar-refractivity contribution >= 4 is 0 Å². The number of aromatic nitrogens is 2. The Bertz CT molecular complexity index is 331. The fourth-order valence-electron chi connectivity index (χ4n) is 0.853. The maximum atomic E-state index is 12.9. The molecule has 0 spiro atoms. The van der Waals surface area contributed by atoms with Gasteiger partial charge in [0.2, 0.25) is 5.95 Å². The van der Waals surface area contributed by atoms with Gasteiger partial charge in [0.15, 0.2) is 0 Å². The second-order valence-electron chi connectivity index (χ2n) is 3.69. The molecule has 0 aromatic carbocycles. The minimum Gasteiger partial charge on any atom is -0.215 e. The van der Waals surface area contributed by atoms with Gasteiger partial charge >= 0.3 is 0 Å². The third-order valence-electron chi connectivity index (χ3n) is 1.48. The minimum absolute atomic E-state index is 0.175. The van der Waals surface area contributed by atoms with E-state index in [0.29, 0.717) is 0 Å². The molecule has 13 heavy (non-hydrogen) atoms. The van der Waals surface area contributed by atoms with Gasteiger partial charge in [-0.1, -0.05) is 20.8 Å². The van der Waals surface area contributed by atoms with Gasteiger partial charge in [0, 0.05) is 5.41 Å². The van der Waals surface area contributed by atoms with Crippen LogP contribution in [0.1, 0.15) is 26.5 Å². The molecule has 1 rings (SSSR count). The van der Waals surface area contributed by atoms with Crippen LogP contribution in [-0.4, -0.2) is 9.97 Å². The van der Waals surface area contributed by atoms with Crippen LogP contribution in [-0.2, 0) is 5.41 Å². The number of hydrogen-bond donors (Lipinski definition) is 0. The lowest BCUT2D eigenvalue weighted by molar-refractivity contribution is 0.389. The lowest BCUT2D eigenvalue weighted by Crippen LogP contribution is -2.19. The van der Waals surface area contributed by atoms with E-state index in [1.807, 2.05) is 0 Å². The molecule has 0 saturated carbocycles. The highest BCUT2D eigenvalue weighted by Crippen LogP contribution is 2.22. The summed E-state index contributed by atoms with van der Waals surface area (Å²) in [6.07, 6.45) is 0. The third-order valence-corrected chi connectivity index (χ3v) is 1.48. The monoisotopic (exact) mass is 190 g/mol. The highest BCUT2D eigenvalue weighted by atomic mass is 19.2. The van der Waals surface area contributed by atoms with Gasteiger partial charge in [-0.2, -0.15) is 18.2 Å². The molecule has 0 aliphatic rings. The van der Waals surface area contributed by atoms with Gasteiger partial charge in [0.1, 0.15) is 5.69 Å². The zero-order valence-corrected chi connectivity index (χ0v) is 7.53. The second kappa shape index (κ2) is 2.97. The summed E-state index contributed by atoms with van der Waals surface area (Å²) in [4.78, 5) is 5.93. The molecule has 72 valence electrons. The molecule has 0 atom stereocenters. The van der Waals surface area contributed by atoms with Crippen molar-refractivity contribution in [2.24, 2.45) is 0 Å². The van der Waals surface area contributed by atoms with E-state index < -0.39 is 23.3 Å². The summed E-state index contributed by atoms with van der Waals surface area (Å²) in [7, 11) is 0. The van der Waals surface area contributed by atoms with Crippen LogP contribution in [0.3, 0.4) is 0 Å². The molecule has 0 aliphatic heterocycles. The molecule has 0 bridgehead atoms. The zero-order chi connectivity index (χ0) is 10.2. The van der Waals surface area contributed by atoms with Crippen LogP contribution in [0.5, 0.6) is 0 Å². The molecule has 1 aromatic rings. The van der Waals surface area contributed by atoms with Gasteiger partial charge < -0.3 is 0 Å². The maximum absolute atomic E-state index is 12.9. The van der Waals surface area contributed by atoms with E-state index in [0.717, 1.165) is 0 Å². The standard InChI is InChI=1S/C8H9F3N2/c1-8(2,3)4-5(9)13-7(11)6(10)12-4/h1-3H3. The molecule has 0 unspecified atom stereocenters. The fraction of sp³-hybridized carbons (Fsp3) is 0.500. The van der Waals surface area contributed by atoms with Crippen molar-refractivity contribution in [1.29, 1.82) is 0 Å². The Morgan fingerprint density at radius 1 is 0.846 bits per heavy atom. The summed E-state index contributed by atoms with van der Waals surface area (Å²) in [5, 5.41) is 0. The van der Waals surface area contributed by atoms with Crippen molar-refractivity contribution in [2.75, 3.05) is 0 Å². The Balaban J connectivity index is 3.32. The van der Waals surface area contributed by atoms with Crippen molar-refractivity contribution in [2.45, 2.75) is 26.2 Å². The Morgan fingerprint density at radius 2 is 1.31 bits per heavy atom. The Hall–Kier alpha value is -1.13. The third kappa shape index (κ3) is 1.96. The summed E-state index contributed by atoms with van der Waals surface area (Å²) >= 11 is 0. The summed E-state index contributed by atoms with van der Waals surface area (Å²) < 4.78 is 37.9. The van der Waals surface area contributed by atoms with Crippen LogP contribution in [0, 0.1) is 17.8 Å². The van der Waals surface area contributed by atoms with E-state index in [1.54, 1.807) is 20.8 Å². The first-order valence-corrected chi connectivity index (χ1v) is 3.71. The lowest BCUT2D eigenvalue weighted by Gasteiger charge is -2.17. The molecule has 2 nitrogen and oxygen atoms in total. The smallest absolute Gasteiger partial charge is 0.215 e. The molecule has 0 radical (unpaired) electrons. The second-order valence-corrected chi connectivity index (χ2v) is 3.69. The highest BCUT2D eigenvalue weighted by molar-refractivity contribution is 5.10. The van der Waals surface area contributed by atoms with Crippen molar-refractivity contribution in [3.63, 3.8) is 0 Å². The van der Waals surface area contributed by atoms with Crippen molar-refractivity contribution in [1.82, 2.24) is 9.97 Å². The molecule has 1 aromatic heterocycles. The quantitative estimate of drug-likeness (QED) is 0.626. The van der Waals surface area contributed by atoms with Gasteiger partial charge in [-0.05, 0) is 0 Å². The highest BCUT2D eigenvalue weighted by Gasteiger charge is 2.24. The average molecular weight is 190 g/mol. The predicted molar refractivity (Wildman–Crippen MR) is 40.6 cm³/mol. The summed E-state index contributed by atoms with van der Waals surface area (Å²) in [5.74, 6) is -3.94. The number of rotatable bonds is 0. The normalized spacial score (nSPS) is 11.8. The van der Waals surface area contributed by atoms with Crippen LogP contribution in [0.2, 0.25) is 0 Å². The molecule has 0 fully saturated rings. The molecule has 1 heterocycles. The van der Waals surface area contributed by atoms with Crippen molar-refractivity contribution < 1.29 is 13.2 Å². The van der Waals surface area contributed by atoms with Crippen LogP contribution in [0.15, 0.2) is 0 Å². The van der Waals surface area contributed by atoms with Gasteiger partial charge in [-0.25, -0.2) is 4.98 Å². The molecule has 0 saturated heterocycles. The van der Waals surface area contributed by atoms with E-state index in [-0.39, 0.29) is 5.69 Å². The average Bonchev–Trinajstić information content (AvgIpc) is 1.94. The van der Waals surface area contributed by atoms with Crippen LogP contribution in [0.4, 0.5) is 13.2 Å². The van der Waals surface area contributed by atoms with Gasteiger partial charge in [-0.15, -0.1) is 0 Å². The van der Waals surface area contributed by atoms with E-state index in [1.165, 1.54) is 0 Å². The van der Waals surface area contributed by atoms with E-state index >= 15 is 0 Å². The van der Waals surface area contributed by atoms with Gasteiger partial charge in [0.25, 0.3) is 11.9 Å². The van der Waals surface area contributed by atoms with Crippen LogP contribution in [0.25, 0.3) is 0 Å². The number of nitrogens with zero attached hydrogens (tertiary/aromatic N) is 2. The molecule has 0 aliphatic carbocycles.